The van der Waals surface area contributed by atoms with E-state index in [2.05, 4.69) is 4.98 Å². The number of nitro benzene ring substituents is 1. The smallest absolute Gasteiger partial charge is 0.270 e. The predicted octanol–water partition coefficient (Wildman–Crippen LogP) is 1.93. The number of fused-ring (bicyclic) bond motifs is 1. The van der Waals surface area contributed by atoms with Crippen LogP contribution in [-0.2, 0) is 37.3 Å². The van der Waals surface area contributed by atoms with Crippen LogP contribution in [0, 0.1) is 10.1 Å². The largest absolute Gasteiger partial charge is 0.368 e. The lowest BCUT2D eigenvalue weighted by molar-refractivity contribution is -0.385. The summed E-state index contributed by atoms with van der Waals surface area (Å²) in [4.78, 5) is 16.5. The average molecular weight is 499 g/mol. The van der Waals surface area contributed by atoms with E-state index in [1.807, 2.05) is 13.0 Å². The van der Waals surface area contributed by atoms with E-state index >= 15 is 0 Å². The van der Waals surface area contributed by atoms with Crippen LogP contribution in [0.5, 0.6) is 0 Å². The highest BCUT2D eigenvalue weighted by Crippen LogP contribution is 2.33. The van der Waals surface area contributed by atoms with Crippen LogP contribution in [0.1, 0.15) is 24.6 Å². The second kappa shape index (κ2) is 10.1. The molecule has 0 atom stereocenters. The number of hydrogen-bond acceptors (Lipinski definition) is 9. The lowest BCUT2D eigenvalue weighted by Crippen LogP contribution is -2.38. The molecule has 0 aliphatic carbocycles. The van der Waals surface area contributed by atoms with Crippen molar-refractivity contribution < 1.29 is 25.9 Å². The van der Waals surface area contributed by atoms with Gasteiger partial charge in [-0.2, -0.15) is 12.7 Å². The zero-order chi connectivity index (χ0) is 24.2. The van der Waals surface area contributed by atoms with Crippen molar-refractivity contribution in [1.29, 1.82) is 0 Å². The number of sulfonamides is 1. The molecule has 2 aromatic rings. The molecule has 0 spiro atoms. The topological polar surface area (TPSA) is 140 Å². The molecule has 0 unspecified atom stereocenters. The molecule has 0 bridgehead atoms. The molecule has 0 N–H and O–H groups in total. The number of nitrogens with zero attached hydrogens (tertiary/aromatic N) is 4. The Morgan fingerprint density at radius 3 is 2.64 bits per heavy atom. The van der Waals surface area contributed by atoms with E-state index in [1.165, 1.54) is 16.4 Å². The Balaban J connectivity index is 2.01. The zero-order valence-electron chi connectivity index (χ0n) is 18.4. The normalized spacial score (nSPS) is 14.6. The Kier molecular flexibility index (Phi) is 7.67. The van der Waals surface area contributed by atoms with E-state index in [0.29, 0.717) is 19.4 Å². The maximum atomic E-state index is 13.7. The second-order valence-corrected chi connectivity index (χ2v) is 11.2. The first kappa shape index (κ1) is 25.0. The fraction of sp³-hybridized carbons (Fsp3) is 0.450. The Morgan fingerprint density at radius 2 is 1.97 bits per heavy atom. The second-order valence-electron chi connectivity index (χ2n) is 7.62. The van der Waals surface area contributed by atoms with Crippen LogP contribution in [0.2, 0.25) is 0 Å². The van der Waals surface area contributed by atoms with Gasteiger partial charge in [0.2, 0.25) is 10.0 Å². The van der Waals surface area contributed by atoms with E-state index in [-0.39, 0.29) is 42.5 Å². The molecule has 1 aromatic heterocycles. The van der Waals surface area contributed by atoms with Crippen molar-refractivity contribution >= 4 is 31.5 Å². The van der Waals surface area contributed by atoms with Crippen molar-refractivity contribution in [2.45, 2.75) is 31.2 Å². The first-order chi connectivity index (χ1) is 15.5. The van der Waals surface area contributed by atoms with Gasteiger partial charge in [0.05, 0.1) is 23.5 Å². The summed E-state index contributed by atoms with van der Waals surface area (Å²) >= 11 is 0. The van der Waals surface area contributed by atoms with Gasteiger partial charge in [0.25, 0.3) is 15.8 Å². The third-order valence-corrected chi connectivity index (χ3v) is 7.66. The van der Waals surface area contributed by atoms with E-state index in [0.717, 1.165) is 23.6 Å². The summed E-state index contributed by atoms with van der Waals surface area (Å²) in [5, 5.41) is 11.4. The highest BCUT2D eigenvalue weighted by atomic mass is 32.2. The Morgan fingerprint density at radius 1 is 1.21 bits per heavy atom. The summed E-state index contributed by atoms with van der Waals surface area (Å²) < 4.78 is 56.1. The zero-order valence-corrected chi connectivity index (χ0v) is 20.0. The minimum Gasteiger partial charge on any atom is -0.368 e. The molecule has 0 amide bonds. The van der Waals surface area contributed by atoms with E-state index < -0.39 is 25.1 Å². The van der Waals surface area contributed by atoms with Crippen LogP contribution in [0.25, 0.3) is 0 Å². The van der Waals surface area contributed by atoms with Gasteiger partial charge in [-0.3, -0.25) is 19.3 Å². The molecule has 1 aliphatic heterocycles. The SMILES string of the molecule is CCCN(CCOS(C)(=O)=O)c1ccc([N+](=O)[O-])cc1S(=O)(=O)N1CCc2ncccc2C1. The molecule has 3 rings (SSSR count). The van der Waals surface area contributed by atoms with Gasteiger partial charge in [-0.05, 0) is 24.1 Å². The first-order valence-electron chi connectivity index (χ1n) is 10.3. The third kappa shape index (κ3) is 6.05. The standard InChI is InChI=1S/C20H26N4O7S2/c1-3-10-22(12-13-31-32(2,27)28)19-7-6-17(24(25)26)14-20(19)33(29,30)23-11-8-18-16(15-23)5-4-9-21-18/h4-7,9,14H,3,8,10-13,15H2,1-2H3. The summed E-state index contributed by atoms with van der Waals surface area (Å²) in [6, 6.07) is 7.23. The van der Waals surface area contributed by atoms with Gasteiger partial charge in [-0.1, -0.05) is 13.0 Å². The number of pyridine rings is 1. The Bertz CT molecular complexity index is 1230. The molecule has 33 heavy (non-hydrogen) atoms. The highest BCUT2D eigenvalue weighted by Gasteiger charge is 2.33. The number of benzene rings is 1. The molecule has 0 radical (unpaired) electrons. The lowest BCUT2D eigenvalue weighted by atomic mass is 10.1. The molecule has 0 saturated heterocycles. The number of anilines is 1. The molecule has 180 valence electrons. The van der Waals surface area contributed by atoms with Crippen LogP contribution < -0.4 is 4.90 Å². The predicted molar refractivity (Wildman–Crippen MR) is 122 cm³/mol. The van der Waals surface area contributed by atoms with Gasteiger partial charge in [-0.15, -0.1) is 0 Å². The van der Waals surface area contributed by atoms with Crippen molar-refractivity contribution in [1.82, 2.24) is 9.29 Å². The summed E-state index contributed by atoms with van der Waals surface area (Å²) in [5.41, 5.74) is 1.52. The molecule has 2 heterocycles. The number of non-ortho nitro benzene ring substituents is 1. The van der Waals surface area contributed by atoms with Gasteiger partial charge in [0, 0.05) is 56.6 Å². The van der Waals surface area contributed by atoms with Crippen molar-refractivity contribution in [3.05, 3.63) is 57.9 Å². The Labute approximate surface area is 193 Å². The molecule has 13 heteroatoms. The van der Waals surface area contributed by atoms with Crippen LogP contribution in [0.15, 0.2) is 41.4 Å². The molecule has 1 aromatic carbocycles. The van der Waals surface area contributed by atoms with Crippen LogP contribution >= 0.6 is 0 Å². The van der Waals surface area contributed by atoms with Gasteiger partial charge in [0.15, 0.2) is 0 Å². The third-order valence-electron chi connectivity index (χ3n) is 5.19. The van der Waals surface area contributed by atoms with E-state index in [4.69, 9.17) is 4.18 Å². The quantitative estimate of drug-likeness (QED) is 0.273. The maximum absolute atomic E-state index is 13.7. The minimum absolute atomic E-state index is 0.0913. The highest BCUT2D eigenvalue weighted by molar-refractivity contribution is 7.89. The summed E-state index contributed by atoms with van der Waals surface area (Å²) in [7, 11) is -7.78. The average Bonchev–Trinajstić information content (AvgIpc) is 2.77. The molecular weight excluding hydrogens is 472 g/mol. The Hall–Kier alpha value is -2.61. The van der Waals surface area contributed by atoms with Crippen molar-refractivity contribution in [2.75, 3.05) is 37.4 Å². The van der Waals surface area contributed by atoms with E-state index in [9.17, 15) is 26.9 Å². The molecular formula is C20H26N4O7S2. The fourth-order valence-corrected chi connectivity index (χ4v) is 5.72. The number of rotatable bonds is 10. The molecule has 0 fully saturated rings. The molecule has 0 saturated carbocycles. The number of aromatic nitrogens is 1. The minimum atomic E-state index is -4.11. The molecule has 11 nitrogen and oxygen atoms in total. The van der Waals surface area contributed by atoms with Crippen LogP contribution in [0.3, 0.4) is 0 Å². The van der Waals surface area contributed by atoms with Crippen LogP contribution in [0.4, 0.5) is 11.4 Å². The summed E-state index contributed by atoms with van der Waals surface area (Å²) in [6.07, 6.45) is 3.66. The van der Waals surface area contributed by atoms with Crippen LogP contribution in [-0.4, -0.2) is 63.5 Å². The van der Waals surface area contributed by atoms with Gasteiger partial charge < -0.3 is 4.90 Å². The van der Waals surface area contributed by atoms with Gasteiger partial charge >= 0.3 is 0 Å². The first-order valence-corrected chi connectivity index (χ1v) is 13.6. The van der Waals surface area contributed by atoms with Crippen molar-refractivity contribution in [3.63, 3.8) is 0 Å². The van der Waals surface area contributed by atoms with E-state index in [1.54, 1.807) is 17.2 Å². The van der Waals surface area contributed by atoms with Gasteiger partial charge in [0.1, 0.15) is 4.90 Å². The molecule has 1 aliphatic rings. The summed E-state index contributed by atoms with van der Waals surface area (Å²) in [5.74, 6) is 0. The fourth-order valence-electron chi connectivity index (χ4n) is 3.69. The number of hydrogen-bond donors (Lipinski definition) is 0. The maximum Gasteiger partial charge on any atom is 0.270 e. The number of nitro groups is 1. The summed E-state index contributed by atoms with van der Waals surface area (Å²) in [6.45, 7) is 2.50. The van der Waals surface area contributed by atoms with Gasteiger partial charge in [-0.25, -0.2) is 8.42 Å². The monoisotopic (exact) mass is 498 g/mol. The van der Waals surface area contributed by atoms with Crippen molar-refractivity contribution in [3.8, 4) is 0 Å². The van der Waals surface area contributed by atoms with Crippen molar-refractivity contribution in [2.24, 2.45) is 0 Å². The lowest BCUT2D eigenvalue weighted by Gasteiger charge is -2.31.